The molecule has 0 aromatic heterocycles. The fourth-order valence-electron chi connectivity index (χ4n) is 4.77. The first-order valence-electron chi connectivity index (χ1n) is 9.67. The van der Waals surface area contributed by atoms with Crippen LogP contribution in [0.15, 0.2) is 0 Å². The molecular weight excluding hydrogens is 340 g/mol. The monoisotopic (exact) mass is 368 g/mol. The zero-order chi connectivity index (χ0) is 17.7. The van der Waals surface area contributed by atoms with E-state index in [1.807, 2.05) is 9.80 Å². The van der Waals surface area contributed by atoms with E-state index in [0.717, 1.165) is 32.4 Å². The molecule has 0 aromatic rings. The van der Waals surface area contributed by atoms with Crippen molar-refractivity contribution in [3.05, 3.63) is 0 Å². The SMILES string of the molecule is O=C(C1CCS(=O)(=O)CC1)N1CC[C@@]2(CCCN(CC3CC3)C2=O)C1. The van der Waals surface area contributed by atoms with E-state index in [9.17, 15) is 18.0 Å². The highest BCUT2D eigenvalue weighted by atomic mass is 32.2. The molecule has 1 aliphatic carbocycles. The van der Waals surface area contributed by atoms with E-state index in [2.05, 4.69) is 0 Å². The fourth-order valence-corrected chi connectivity index (χ4v) is 6.26. The van der Waals surface area contributed by atoms with Crippen LogP contribution in [0.1, 0.15) is 44.9 Å². The minimum absolute atomic E-state index is 0.0684. The molecule has 140 valence electrons. The molecule has 3 aliphatic heterocycles. The summed E-state index contributed by atoms with van der Waals surface area (Å²) in [6, 6.07) is 0. The number of carbonyl (C=O) groups excluding carboxylic acids is 2. The van der Waals surface area contributed by atoms with Crippen LogP contribution in [0.4, 0.5) is 0 Å². The van der Waals surface area contributed by atoms with E-state index < -0.39 is 9.84 Å². The van der Waals surface area contributed by atoms with Crippen molar-refractivity contribution < 1.29 is 18.0 Å². The predicted octanol–water partition coefficient (Wildman–Crippen LogP) is 1.06. The Bertz CT molecular complexity index is 659. The molecule has 1 atom stereocenters. The van der Waals surface area contributed by atoms with E-state index in [1.165, 1.54) is 12.8 Å². The standard InChI is InChI=1S/C18H28N2O4S/c21-16(15-4-10-25(23,24)11-5-15)20-9-7-18(13-20)6-1-8-19(17(18)22)12-14-2-3-14/h14-15H,1-13H2/t18-/m0/s1. The van der Waals surface area contributed by atoms with E-state index >= 15 is 0 Å². The van der Waals surface area contributed by atoms with Crippen LogP contribution in [-0.2, 0) is 19.4 Å². The zero-order valence-electron chi connectivity index (χ0n) is 14.8. The minimum atomic E-state index is -2.95. The first kappa shape index (κ1) is 17.3. The van der Waals surface area contributed by atoms with Crippen LogP contribution in [0.25, 0.3) is 0 Å². The first-order valence-corrected chi connectivity index (χ1v) is 11.5. The summed E-state index contributed by atoms with van der Waals surface area (Å²) in [5, 5.41) is 0. The molecular formula is C18H28N2O4S. The van der Waals surface area contributed by atoms with Gasteiger partial charge in [-0.1, -0.05) is 0 Å². The second kappa shape index (κ2) is 6.25. The minimum Gasteiger partial charge on any atom is -0.342 e. The smallest absolute Gasteiger partial charge is 0.230 e. The van der Waals surface area contributed by atoms with Gasteiger partial charge in [-0.05, 0) is 50.9 Å². The Hall–Kier alpha value is -1.11. The molecule has 3 saturated heterocycles. The average Bonchev–Trinajstić information content (AvgIpc) is 3.29. The predicted molar refractivity (Wildman–Crippen MR) is 93.5 cm³/mol. The summed E-state index contributed by atoms with van der Waals surface area (Å²) in [7, 11) is -2.95. The molecule has 1 saturated carbocycles. The molecule has 0 unspecified atom stereocenters. The lowest BCUT2D eigenvalue weighted by Gasteiger charge is -2.39. The van der Waals surface area contributed by atoms with Gasteiger partial charge < -0.3 is 9.80 Å². The number of amides is 2. The Morgan fingerprint density at radius 2 is 1.80 bits per heavy atom. The van der Waals surface area contributed by atoms with Gasteiger partial charge >= 0.3 is 0 Å². The second-order valence-electron chi connectivity index (χ2n) is 8.51. The van der Waals surface area contributed by atoms with Gasteiger partial charge in [0.15, 0.2) is 0 Å². The third kappa shape index (κ3) is 3.44. The van der Waals surface area contributed by atoms with Gasteiger partial charge in [-0.2, -0.15) is 0 Å². The molecule has 1 spiro atoms. The van der Waals surface area contributed by atoms with Crippen molar-refractivity contribution in [3.8, 4) is 0 Å². The lowest BCUT2D eigenvalue weighted by atomic mass is 9.78. The van der Waals surface area contributed by atoms with Crippen LogP contribution < -0.4 is 0 Å². The number of carbonyl (C=O) groups is 2. The van der Waals surface area contributed by atoms with Crippen molar-refractivity contribution in [2.24, 2.45) is 17.3 Å². The Morgan fingerprint density at radius 1 is 1.08 bits per heavy atom. The van der Waals surface area contributed by atoms with Gasteiger partial charge in [-0.25, -0.2) is 8.42 Å². The fraction of sp³-hybridized carbons (Fsp3) is 0.889. The highest BCUT2D eigenvalue weighted by molar-refractivity contribution is 7.91. The third-order valence-corrected chi connectivity index (χ3v) is 8.28. The normalized spacial score (nSPS) is 33.2. The summed E-state index contributed by atoms with van der Waals surface area (Å²) in [6.45, 7) is 2.95. The summed E-state index contributed by atoms with van der Waals surface area (Å²) in [6.07, 6.45) is 6.04. The first-order chi connectivity index (χ1) is 11.9. The van der Waals surface area contributed by atoms with Crippen molar-refractivity contribution in [2.75, 3.05) is 37.7 Å². The number of nitrogens with zero attached hydrogens (tertiary/aromatic N) is 2. The van der Waals surface area contributed by atoms with Gasteiger partial charge in [-0.15, -0.1) is 0 Å². The molecule has 0 N–H and O–H groups in total. The van der Waals surface area contributed by atoms with Crippen LogP contribution in [0, 0.1) is 17.3 Å². The van der Waals surface area contributed by atoms with Crippen LogP contribution in [0.2, 0.25) is 0 Å². The lowest BCUT2D eigenvalue weighted by Crippen LogP contribution is -2.51. The van der Waals surface area contributed by atoms with Crippen LogP contribution in [0.5, 0.6) is 0 Å². The maximum Gasteiger partial charge on any atom is 0.230 e. The molecule has 4 aliphatic rings. The zero-order valence-corrected chi connectivity index (χ0v) is 15.6. The van der Waals surface area contributed by atoms with Gasteiger partial charge in [0.25, 0.3) is 0 Å². The van der Waals surface area contributed by atoms with Crippen molar-refractivity contribution >= 4 is 21.7 Å². The maximum absolute atomic E-state index is 13.1. The molecule has 2 amide bonds. The van der Waals surface area contributed by atoms with Gasteiger partial charge in [0, 0.05) is 32.1 Å². The molecule has 6 nitrogen and oxygen atoms in total. The molecule has 4 fully saturated rings. The third-order valence-electron chi connectivity index (χ3n) is 6.57. The van der Waals surface area contributed by atoms with Gasteiger partial charge in [-0.3, -0.25) is 9.59 Å². The molecule has 7 heteroatoms. The Labute approximate surface area is 149 Å². The summed E-state index contributed by atoms with van der Waals surface area (Å²) < 4.78 is 23.2. The largest absolute Gasteiger partial charge is 0.342 e. The summed E-state index contributed by atoms with van der Waals surface area (Å²) in [4.78, 5) is 29.8. The number of hydrogen-bond donors (Lipinski definition) is 0. The van der Waals surface area contributed by atoms with E-state index in [1.54, 1.807) is 0 Å². The molecule has 0 radical (unpaired) electrons. The molecule has 3 heterocycles. The van der Waals surface area contributed by atoms with E-state index in [0.29, 0.717) is 31.8 Å². The maximum atomic E-state index is 13.1. The summed E-state index contributed by atoms with van der Waals surface area (Å²) >= 11 is 0. The number of piperidine rings is 1. The van der Waals surface area contributed by atoms with E-state index in [4.69, 9.17) is 0 Å². The molecule has 25 heavy (non-hydrogen) atoms. The van der Waals surface area contributed by atoms with Gasteiger partial charge in [0.05, 0.1) is 16.9 Å². The molecule has 4 rings (SSSR count). The lowest BCUT2D eigenvalue weighted by molar-refractivity contribution is -0.146. The van der Waals surface area contributed by atoms with Crippen molar-refractivity contribution in [1.29, 1.82) is 0 Å². The number of likely N-dealkylation sites (tertiary alicyclic amines) is 2. The van der Waals surface area contributed by atoms with Crippen molar-refractivity contribution in [3.63, 3.8) is 0 Å². The highest BCUT2D eigenvalue weighted by Crippen LogP contribution is 2.42. The molecule has 0 aromatic carbocycles. The van der Waals surface area contributed by atoms with E-state index in [-0.39, 0.29) is 34.7 Å². The van der Waals surface area contributed by atoms with Gasteiger partial charge in [0.1, 0.15) is 9.84 Å². The quantitative estimate of drug-likeness (QED) is 0.747. The van der Waals surface area contributed by atoms with Crippen molar-refractivity contribution in [2.45, 2.75) is 44.9 Å². The Balaban J connectivity index is 1.39. The van der Waals surface area contributed by atoms with Gasteiger partial charge in [0.2, 0.25) is 11.8 Å². The number of hydrogen-bond acceptors (Lipinski definition) is 4. The highest BCUT2D eigenvalue weighted by Gasteiger charge is 2.50. The second-order valence-corrected chi connectivity index (χ2v) is 10.8. The topological polar surface area (TPSA) is 74.8 Å². The number of sulfone groups is 1. The summed E-state index contributed by atoms with van der Waals surface area (Å²) in [5.74, 6) is 1.08. The Kier molecular flexibility index (Phi) is 4.33. The summed E-state index contributed by atoms with van der Waals surface area (Å²) in [5.41, 5.74) is -0.371. The number of rotatable bonds is 3. The van der Waals surface area contributed by atoms with Crippen LogP contribution in [0.3, 0.4) is 0 Å². The van der Waals surface area contributed by atoms with Crippen LogP contribution in [-0.4, -0.2) is 67.7 Å². The Morgan fingerprint density at radius 3 is 2.48 bits per heavy atom. The van der Waals surface area contributed by atoms with Crippen LogP contribution >= 0.6 is 0 Å². The molecule has 0 bridgehead atoms. The average molecular weight is 368 g/mol. The van der Waals surface area contributed by atoms with Crippen molar-refractivity contribution in [1.82, 2.24) is 9.80 Å².